The molecule has 4 heteroatoms. The van der Waals surface area contributed by atoms with Crippen LogP contribution in [-0.2, 0) is 0 Å². The average molecular weight is 284 g/mol. The van der Waals surface area contributed by atoms with Crippen LogP contribution in [-0.4, -0.2) is 9.66 Å². The summed E-state index contributed by atoms with van der Waals surface area (Å²) >= 11 is 0. The van der Waals surface area contributed by atoms with Gasteiger partial charge >= 0.3 is 0 Å². The van der Waals surface area contributed by atoms with E-state index in [2.05, 4.69) is 32.0 Å². The number of anilines is 1. The molecular formula is C17H24N4. The number of nitrogens with two attached hydrogens (primary N) is 2. The summed E-state index contributed by atoms with van der Waals surface area (Å²) in [7, 11) is 0. The molecule has 4 nitrogen and oxygen atoms in total. The molecule has 4 N–H and O–H groups in total. The third kappa shape index (κ3) is 2.50. The number of aryl methyl sites for hydroxylation is 2. The van der Waals surface area contributed by atoms with Crippen molar-refractivity contribution in [3.05, 3.63) is 35.2 Å². The molecule has 0 atom stereocenters. The summed E-state index contributed by atoms with van der Waals surface area (Å²) in [6.07, 6.45) is 6.17. The first-order chi connectivity index (χ1) is 10.1. The normalized spacial score (nSPS) is 16.3. The molecule has 21 heavy (non-hydrogen) atoms. The van der Waals surface area contributed by atoms with E-state index < -0.39 is 0 Å². The molecule has 1 fully saturated rings. The molecule has 1 aliphatic carbocycles. The van der Waals surface area contributed by atoms with Gasteiger partial charge in [-0.3, -0.25) is 0 Å². The van der Waals surface area contributed by atoms with E-state index in [4.69, 9.17) is 16.6 Å². The fourth-order valence-corrected chi connectivity index (χ4v) is 3.30. The average Bonchev–Trinajstić information content (AvgIpc) is 2.79. The third-order valence-corrected chi connectivity index (χ3v) is 4.59. The van der Waals surface area contributed by atoms with E-state index in [0.29, 0.717) is 11.7 Å². The lowest BCUT2D eigenvalue weighted by Crippen LogP contribution is -2.19. The van der Waals surface area contributed by atoms with Gasteiger partial charge < -0.3 is 11.6 Å². The molecule has 0 spiro atoms. The summed E-state index contributed by atoms with van der Waals surface area (Å²) in [6.45, 7) is 4.17. The van der Waals surface area contributed by atoms with Crippen molar-refractivity contribution in [2.24, 2.45) is 0 Å². The predicted molar refractivity (Wildman–Crippen MR) is 87.5 cm³/mol. The van der Waals surface area contributed by atoms with Crippen LogP contribution < -0.4 is 11.6 Å². The first-order valence-electron chi connectivity index (χ1n) is 7.78. The summed E-state index contributed by atoms with van der Waals surface area (Å²) in [6, 6.07) is 6.36. The van der Waals surface area contributed by atoms with Gasteiger partial charge in [-0.15, -0.1) is 0 Å². The van der Waals surface area contributed by atoms with E-state index in [1.807, 2.05) is 0 Å². The number of benzene rings is 1. The Hall–Kier alpha value is -1.97. The number of hydrogen-bond donors (Lipinski definition) is 2. The van der Waals surface area contributed by atoms with E-state index in [1.54, 1.807) is 4.68 Å². The summed E-state index contributed by atoms with van der Waals surface area (Å²) in [4.78, 5) is 4.82. The largest absolute Gasteiger partial charge is 0.382 e. The number of rotatable bonds is 2. The van der Waals surface area contributed by atoms with Crippen LogP contribution in [0, 0.1) is 13.8 Å². The van der Waals surface area contributed by atoms with Crippen LogP contribution in [0.5, 0.6) is 0 Å². The Morgan fingerprint density at radius 1 is 1.14 bits per heavy atom. The smallest absolute Gasteiger partial charge is 0.150 e. The van der Waals surface area contributed by atoms with Crippen molar-refractivity contribution in [3.8, 4) is 11.3 Å². The molecule has 1 aliphatic rings. The Kier molecular flexibility index (Phi) is 3.62. The summed E-state index contributed by atoms with van der Waals surface area (Å²) in [5.41, 5.74) is 10.6. The molecule has 0 bridgehead atoms. The van der Waals surface area contributed by atoms with E-state index in [0.717, 1.165) is 17.1 Å². The fraction of sp³-hybridized carbons (Fsp3) is 0.471. The maximum absolute atomic E-state index is 6.24. The van der Waals surface area contributed by atoms with E-state index >= 15 is 0 Å². The van der Waals surface area contributed by atoms with Crippen molar-refractivity contribution in [2.45, 2.75) is 51.9 Å². The van der Waals surface area contributed by atoms with Crippen LogP contribution in [0.15, 0.2) is 18.2 Å². The van der Waals surface area contributed by atoms with Crippen LogP contribution >= 0.6 is 0 Å². The monoisotopic (exact) mass is 284 g/mol. The molecular weight excluding hydrogens is 260 g/mol. The van der Waals surface area contributed by atoms with Crippen molar-refractivity contribution < 1.29 is 0 Å². The molecule has 0 aliphatic heterocycles. The SMILES string of the molecule is Cc1ccc(C)c(-c2nc(C3CCCCC3)n(N)c2N)c1. The quantitative estimate of drug-likeness (QED) is 0.829. The predicted octanol–water partition coefficient (Wildman–Crippen LogP) is 3.51. The van der Waals surface area contributed by atoms with Gasteiger partial charge in [0.15, 0.2) is 5.82 Å². The van der Waals surface area contributed by atoms with Gasteiger partial charge in [0.05, 0.1) is 0 Å². The summed E-state index contributed by atoms with van der Waals surface area (Å²) in [5.74, 6) is 8.16. The molecule has 0 radical (unpaired) electrons. The fourth-order valence-electron chi connectivity index (χ4n) is 3.30. The molecule has 0 saturated heterocycles. The minimum Gasteiger partial charge on any atom is -0.382 e. The van der Waals surface area contributed by atoms with Gasteiger partial charge in [0.1, 0.15) is 11.5 Å². The van der Waals surface area contributed by atoms with Gasteiger partial charge in [-0.05, 0) is 38.3 Å². The van der Waals surface area contributed by atoms with Gasteiger partial charge in [-0.2, -0.15) is 0 Å². The standard InChI is InChI=1S/C17H24N4/c1-11-8-9-12(2)14(10-11)15-16(18)21(19)17(20-15)13-6-4-3-5-7-13/h8-10,13H,3-7,18-19H2,1-2H3. The minimum absolute atomic E-state index is 0.449. The van der Waals surface area contributed by atoms with Crippen molar-refractivity contribution >= 4 is 5.82 Å². The van der Waals surface area contributed by atoms with E-state index in [9.17, 15) is 0 Å². The first kappa shape index (κ1) is 14.0. The lowest BCUT2D eigenvalue weighted by Gasteiger charge is -2.20. The van der Waals surface area contributed by atoms with Gasteiger partial charge in [0, 0.05) is 11.5 Å². The van der Waals surface area contributed by atoms with Crippen molar-refractivity contribution in [1.82, 2.24) is 9.66 Å². The zero-order valence-electron chi connectivity index (χ0n) is 12.9. The lowest BCUT2D eigenvalue weighted by atomic mass is 9.89. The lowest BCUT2D eigenvalue weighted by molar-refractivity contribution is 0.424. The summed E-state index contributed by atoms with van der Waals surface area (Å²) in [5, 5.41) is 0. The highest BCUT2D eigenvalue weighted by atomic mass is 15.4. The van der Waals surface area contributed by atoms with Crippen LogP contribution in [0.1, 0.15) is 55.0 Å². The van der Waals surface area contributed by atoms with Gasteiger partial charge in [0.2, 0.25) is 0 Å². The van der Waals surface area contributed by atoms with Gasteiger partial charge in [0.25, 0.3) is 0 Å². The van der Waals surface area contributed by atoms with Crippen LogP contribution in [0.3, 0.4) is 0 Å². The number of hydrogen-bond acceptors (Lipinski definition) is 3. The van der Waals surface area contributed by atoms with E-state index in [1.165, 1.54) is 43.2 Å². The van der Waals surface area contributed by atoms with Crippen molar-refractivity contribution in [3.63, 3.8) is 0 Å². The number of nitrogen functional groups attached to an aromatic ring is 2. The highest BCUT2D eigenvalue weighted by Gasteiger charge is 2.24. The molecule has 2 aromatic rings. The second kappa shape index (κ2) is 5.43. The molecule has 3 rings (SSSR count). The Morgan fingerprint density at radius 2 is 1.86 bits per heavy atom. The maximum atomic E-state index is 6.24. The molecule has 1 aromatic heterocycles. The first-order valence-corrected chi connectivity index (χ1v) is 7.78. The number of aromatic nitrogens is 2. The minimum atomic E-state index is 0.449. The van der Waals surface area contributed by atoms with Crippen LogP contribution in [0.25, 0.3) is 11.3 Å². The molecule has 1 aromatic carbocycles. The van der Waals surface area contributed by atoms with Gasteiger partial charge in [-0.25, -0.2) is 9.66 Å². The molecule has 1 heterocycles. The molecule has 0 unspecified atom stereocenters. The molecule has 112 valence electrons. The maximum Gasteiger partial charge on any atom is 0.150 e. The summed E-state index contributed by atoms with van der Waals surface area (Å²) < 4.78 is 1.60. The molecule has 1 saturated carbocycles. The zero-order chi connectivity index (χ0) is 15.0. The van der Waals surface area contributed by atoms with E-state index in [-0.39, 0.29) is 0 Å². The highest BCUT2D eigenvalue weighted by molar-refractivity contribution is 5.74. The Bertz CT molecular complexity index is 651. The Balaban J connectivity index is 2.05. The van der Waals surface area contributed by atoms with Gasteiger partial charge in [-0.1, -0.05) is 37.0 Å². The highest BCUT2D eigenvalue weighted by Crippen LogP contribution is 2.36. The Labute approximate surface area is 126 Å². The van der Waals surface area contributed by atoms with Crippen LogP contribution in [0.4, 0.5) is 5.82 Å². The van der Waals surface area contributed by atoms with Crippen molar-refractivity contribution in [1.29, 1.82) is 0 Å². The zero-order valence-corrected chi connectivity index (χ0v) is 12.9. The number of imidazole rings is 1. The third-order valence-electron chi connectivity index (χ3n) is 4.59. The second-order valence-corrected chi connectivity index (χ2v) is 6.23. The van der Waals surface area contributed by atoms with Crippen molar-refractivity contribution in [2.75, 3.05) is 11.6 Å². The number of nitrogens with zero attached hydrogens (tertiary/aromatic N) is 2. The Morgan fingerprint density at radius 3 is 2.57 bits per heavy atom. The van der Waals surface area contributed by atoms with Crippen LogP contribution in [0.2, 0.25) is 0 Å². The topological polar surface area (TPSA) is 69.9 Å². The second-order valence-electron chi connectivity index (χ2n) is 6.23. The molecule has 0 amide bonds.